The summed E-state index contributed by atoms with van der Waals surface area (Å²) in [6.45, 7) is 17.7. The minimum absolute atomic E-state index is 0.359. The summed E-state index contributed by atoms with van der Waals surface area (Å²) < 4.78 is 8.25. The summed E-state index contributed by atoms with van der Waals surface area (Å²) in [6.07, 6.45) is 13.5. The Balaban J connectivity index is -0.0000000810. The Morgan fingerprint density at radius 3 is 1.00 bits per heavy atom. The Morgan fingerprint density at radius 1 is 0.615 bits per heavy atom. The van der Waals surface area contributed by atoms with Crippen LogP contribution in [0.5, 0.6) is 0 Å². The Bertz CT molecular complexity index is 159. The SMILES string of the molecule is CC(C)CCCCCO.CC(C)CCCCCO.C[CH-]C.C[CH-]C.[O]=[Ti+2]. The summed E-state index contributed by atoms with van der Waals surface area (Å²) in [6, 6.07) is 0. The van der Waals surface area contributed by atoms with Gasteiger partial charge in [-0.3, -0.25) is 0 Å². The molecule has 0 saturated carbocycles. The van der Waals surface area contributed by atoms with E-state index in [0.717, 1.165) is 45.1 Å². The first-order valence-corrected chi connectivity index (χ1v) is 10.9. The van der Waals surface area contributed by atoms with Gasteiger partial charge in [0.2, 0.25) is 0 Å². The van der Waals surface area contributed by atoms with Crippen molar-refractivity contribution in [2.75, 3.05) is 13.2 Å². The third kappa shape index (κ3) is 86.8. The van der Waals surface area contributed by atoms with Crippen molar-refractivity contribution in [3.05, 3.63) is 12.8 Å². The summed E-state index contributed by atoms with van der Waals surface area (Å²) >= 11 is 0.750. The van der Waals surface area contributed by atoms with Crippen molar-refractivity contribution in [2.24, 2.45) is 11.8 Å². The molecule has 0 heterocycles. The predicted octanol–water partition coefficient (Wildman–Crippen LogP) is 6.73. The van der Waals surface area contributed by atoms with Gasteiger partial charge in [0.05, 0.1) is 0 Å². The molecule has 0 spiro atoms. The monoisotopic (exact) mass is 410 g/mol. The van der Waals surface area contributed by atoms with Crippen LogP contribution in [0.25, 0.3) is 0 Å². The Kier molecular flexibility index (Phi) is 64.0. The summed E-state index contributed by atoms with van der Waals surface area (Å²) in [7, 11) is 0. The van der Waals surface area contributed by atoms with Crippen LogP contribution in [0, 0.1) is 24.7 Å². The van der Waals surface area contributed by atoms with Gasteiger partial charge >= 0.3 is 23.7 Å². The van der Waals surface area contributed by atoms with Crippen molar-refractivity contribution in [2.45, 2.75) is 107 Å². The minimum atomic E-state index is 0.359. The molecule has 0 aliphatic heterocycles. The number of unbranched alkanes of at least 4 members (excludes halogenated alkanes) is 4. The van der Waals surface area contributed by atoms with Gasteiger partial charge in [0.15, 0.2) is 0 Å². The molecule has 0 radical (unpaired) electrons. The van der Waals surface area contributed by atoms with Gasteiger partial charge in [0, 0.05) is 13.2 Å². The molecule has 0 unspecified atom stereocenters. The van der Waals surface area contributed by atoms with Crippen LogP contribution in [0.1, 0.15) is 107 Å². The molecule has 0 aromatic heterocycles. The molecular weight excluding hydrogens is 360 g/mol. The number of aliphatic hydroxyl groups excluding tert-OH is 2. The van der Waals surface area contributed by atoms with E-state index in [1.807, 2.05) is 40.5 Å². The van der Waals surface area contributed by atoms with Crippen molar-refractivity contribution in [3.8, 4) is 0 Å². The van der Waals surface area contributed by atoms with Crippen LogP contribution in [0.3, 0.4) is 0 Å². The first-order valence-electron chi connectivity index (χ1n) is 10.3. The van der Waals surface area contributed by atoms with E-state index in [1.54, 1.807) is 0 Å². The molecule has 4 heteroatoms. The van der Waals surface area contributed by atoms with E-state index < -0.39 is 0 Å². The molecule has 0 aromatic rings. The second kappa shape index (κ2) is 44.7. The molecular formula is C22H50O3Ti. The van der Waals surface area contributed by atoms with E-state index in [4.69, 9.17) is 13.5 Å². The summed E-state index contributed by atoms with van der Waals surface area (Å²) in [5, 5.41) is 16.9. The van der Waals surface area contributed by atoms with Gasteiger partial charge in [-0.15, -0.1) is 0 Å². The third-order valence-corrected chi connectivity index (χ3v) is 2.88. The zero-order valence-corrected chi connectivity index (χ0v) is 20.7. The van der Waals surface area contributed by atoms with Gasteiger partial charge in [-0.05, 0) is 24.7 Å². The van der Waals surface area contributed by atoms with Crippen molar-refractivity contribution >= 4 is 0 Å². The van der Waals surface area contributed by atoms with Gasteiger partial charge in [0.1, 0.15) is 0 Å². The van der Waals surface area contributed by atoms with E-state index >= 15 is 0 Å². The van der Waals surface area contributed by atoms with Gasteiger partial charge in [-0.2, -0.15) is 27.7 Å². The quantitative estimate of drug-likeness (QED) is 0.238. The number of aliphatic hydroxyl groups is 2. The topological polar surface area (TPSA) is 57.5 Å². The van der Waals surface area contributed by atoms with Crippen LogP contribution in [0.2, 0.25) is 0 Å². The second-order valence-corrected chi connectivity index (χ2v) is 7.09. The normalized spacial score (nSPS) is 9.00. The molecule has 160 valence electrons. The van der Waals surface area contributed by atoms with Gasteiger partial charge in [-0.25, -0.2) is 0 Å². The van der Waals surface area contributed by atoms with Gasteiger partial charge in [0.25, 0.3) is 0 Å². The summed E-state index contributed by atoms with van der Waals surface area (Å²) in [4.78, 5) is 0. The van der Waals surface area contributed by atoms with Crippen LogP contribution < -0.4 is 0 Å². The van der Waals surface area contributed by atoms with Crippen molar-refractivity contribution < 1.29 is 33.9 Å². The molecule has 0 aliphatic carbocycles. The van der Waals surface area contributed by atoms with E-state index in [0.29, 0.717) is 13.2 Å². The van der Waals surface area contributed by atoms with E-state index in [1.165, 1.54) is 38.5 Å². The zero-order valence-electron chi connectivity index (χ0n) is 19.2. The molecule has 26 heavy (non-hydrogen) atoms. The molecule has 0 saturated heterocycles. The number of hydrogen-bond acceptors (Lipinski definition) is 3. The van der Waals surface area contributed by atoms with Crippen molar-refractivity contribution in [1.82, 2.24) is 0 Å². The van der Waals surface area contributed by atoms with E-state index in [9.17, 15) is 0 Å². The fourth-order valence-corrected chi connectivity index (χ4v) is 1.68. The van der Waals surface area contributed by atoms with Crippen LogP contribution in [0.4, 0.5) is 0 Å². The molecule has 0 aromatic carbocycles. The average Bonchev–Trinajstić information content (AvgIpc) is 2.59. The van der Waals surface area contributed by atoms with Crippen molar-refractivity contribution in [3.63, 3.8) is 0 Å². The molecule has 0 aliphatic rings. The second-order valence-electron chi connectivity index (χ2n) is 7.09. The van der Waals surface area contributed by atoms with E-state index in [2.05, 4.69) is 27.7 Å². The standard InChI is InChI=1S/2C8H18O.2C3H7.O.Ti/c2*1-8(2)6-4-3-5-7-9;2*1-3-2;;/h2*8-9H,3-7H2,1-2H3;2*3H,1-2H3;;/q;;2*-1;;+2. The first-order chi connectivity index (χ1) is 12.4. The molecule has 0 fully saturated rings. The summed E-state index contributed by atoms with van der Waals surface area (Å²) in [5.74, 6) is 1.65. The first kappa shape index (κ1) is 37.2. The summed E-state index contributed by atoms with van der Waals surface area (Å²) in [5.41, 5.74) is 0. The Hall–Kier alpha value is 0.434. The number of rotatable bonds is 10. The zero-order chi connectivity index (χ0) is 21.6. The van der Waals surface area contributed by atoms with Gasteiger partial charge in [-0.1, -0.05) is 66.2 Å². The third-order valence-electron chi connectivity index (χ3n) is 2.88. The Labute approximate surface area is 178 Å². The molecule has 0 amide bonds. The van der Waals surface area contributed by atoms with Crippen LogP contribution in [-0.4, -0.2) is 23.4 Å². The maximum absolute atomic E-state index is 8.43. The fourth-order valence-electron chi connectivity index (χ4n) is 1.68. The molecule has 0 atom stereocenters. The predicted molar refractivity (Wildman–Crippen MR) is 113 cm³/mol. The molecule has 2 N–H and O–H groups in total. The number of hydrogen-bond donors (Lipinski definition) is 2. The maximum atomic E-state index is 8.43. The van der Waals surface area contributed by atoms with Crippen LogP contribution in [-0.2, 0) is 23.7 Å². The molecule has 3 nitrogen and oxygen atoms in total. The Morgan fingerprint density at radius 2 is 0.846 bits per heavy atom. The molecule has 0 rings (SSSR count). The van der Waals surface area contributed by atoms with Crippen molar-refractivity contribution in [1.29, 1.82) is 0 Å². The van der Waals surface area contributed by atoms with Crippen LogP contribution in [0.15, 0.2) is 0 Å². The van der Waals surface area contributed by atoms with Crippen LogP contribution >= 0.6 is 0 Å². The fraction of sp³-hybridized carbons (Fsp3) is 0.909. The van der Waals surface area contributed by atoms with E-state index in [-0.39, 0.29) is 0 Å². The van der Waals surface area contributed by atoms with Gasteiger partial charge < -0.3 is 23.1 Å². The molecule has 0 bridgehead atoms. The average molecular weight is 411 g/mol.